The summed E-state index contributed by atoms with van der Waals surface area (Å²) < 4.78 is 32.0. The molecule has 4 rings (SSSR count). The highest BCUT2D eigenvalue weighted by Gasteiger charge is 2.40. The Balaban J connectivity index is 1.51. The molecule has 0 N–H and O–H groups in total. The van der Waals surface area contributed by atoms with Gasteiger partial charge in [0.15, 0.2) is 0 Å². The highest BCUT2D eigenvalue weighted by atomic mass is 32.2. The SMILES string of the molecule is C[C@@H]1CN(CC(=O)N2CC(C)(C)c3ccc(S(=O)(=O)c4ccccc4)cc32)CCN1C(=O)OC(C)(C)C. The first kappa shape index (κ1) is 27.1. The third-order valence-corrected chi connectivity index (χ3v) is 8.67. The number of carbonyl (C=O) groups excluding carboxylic acids is 2. The van der Waals surface area contributed by atoms with Crippen molar-refractivity contribution in [2.24, 2.45) is 0 Å². The van der Waals surface area contributed by atoms with E-state index in [4.69, 9.17) is 4.74 Å². The van der Waals surface area contributed by atoms with Crippen molar-refractivity contribution in [2.45, 2.75) is 68.4 Å². The summed E-state index contributed by atoms with van der Waals surface area (Å²) in [6.45, 7) is 13.9. The smallest absolute Gasteiger partial charge is 0.410 e. The molecule has 200 valence electrons. The number of rotatable bonds is 4. The molecule has 2 amide bonds. The van der Waals surface area contributed by atoms with E-state index in [1.165, 1.54) is 0 Å². The van der Waals surface area contributed by atoms with Gasteiger partial charge in [-0.1, -0.05) is 38.1 Å². The van der Waals surface area contributed by atoms with Gasteiger partial charge in [-0.15, -0.1) is 0 Å². The van der Waals surface area contributed by atoms with E-state index in [1.54, 1.807) is 52.3 Å². The highest BCUT2D eigenvalue weighted by molar-refractivity contribution is 7.91. The Kier molecular flexibility index (Phi) is 7.16. The Labute approximate surface area is 220 Å². The fourth-order valence-corrected chi connectivity index (χ4v) is 6.34. The molecule has 0 radical (unpaired) electrons. The average molecular weight is 528 g/mol. The number of fused-ring (bicyclic) bond motifs is 1. The minimum Gasteiger partial charge on any atom is -0.444 e. The van der Waals surface area contributed by atoms with E-state index in [0.29, 0.717) is 31.9 Å². The van der Waals surface area contributed by atoms with Crippen LogP contribution in [0.25, 0.3) is 0 Å². The van der Waals surface area contributed by atoms with Crippen LogP contribution in [0.4, 0.5) is 10.5 Å². The summed E-state index contributed by atoms with van der Waals surface area (Å²) in [5.74, 6) is -0.0843. The van der Waals surface area contributed by atoms with Gasteiger partial charge in [0.25, 0.3) is 0 Å². The predicted molar refractivity (Wildman–Crippen MR) is 143 cm³/mol. The maximum absolute atomic E-state index is 13.5. The first-order valence-electron chi connectivity index (χ1n) is 12.7. The molecule has 0 aromatic heterocycles. The van der Waals surface area contributed by atoms with Crippen molar-refractivity contribution in [3.8, 4) is 0 Å². The first-order valence-corrected chi connectivity index (χ1v) is 14.1. The molecule has 9 heteroatoms. The summed E-state index contributed by atoms with van der Waals surface area (Å²) in [6.07, 6.45) is -0.339. The topological polar surface area (TPSA) is 87.2 Å². The van der Waals surface area contributed by atoms with Crippen molar-refractivity contribution in [2.75, 3.05) is 37.6 Å². The largest absolute Gasteiger partial charge is 0.444 e. The van der Waals surface area contributed by atoms with Crippen molar-refractivity contribution >= 4 is 27.5 Å². The number of nitrogens with zero attached hydrogens (tertiary/aromatic N) is 3. The van der Waals surface area contributed by atoms with Crippen LogP contribution in [0, 0.1) is 0 Å². The van der Waals surface area contributed by atoms with E-state index in [-0.39, 0.29) is 39.8 Å². The molecule has 2 aromatic carbocycles. The van der Waals surface area contributed by atoms with Gasteiger partial charge in [-0.2, -0.15) is 0 Å². The zero-order valence-corrected chi connectivity index (χ0v) is 23.3. The van der Waals surface area contributed by atoms with Crippen LogP contribution >= 0.6 is 0 Å². The normalized spacial score (nSPS) is 20.0. The number of carbonyl (C=O) groups is 2. The summed E-state index contributed by atoms with van der Waals surface area (Å²) in [6, 6.07) is 13.3. The fourth-order valence-electron chi connectivity index (χ4n) is 5.04. The van der Waals surface area contributed by atoms with Gasteiger partial charge in [0.1, 0.15) is 5.60 Å². The van der Waals surface area contributed by atoms with Gasteiger partial charge in [-0.3, -0.25) is 9.69 Å². The van der Waals surface area contributed by atoms with Gasteiger partial charge in [-0.05, 0) is 57.5 Å². The molecule has 2 aliphatic heterocycles. The molecule has 8 nitrogen and oxygen atoms in total. The molecule has 1 saturated heterocycles. The molecule has 2 heterocycles. The molecule has 1 fully saturated rings. The second-order valence-electron chi connectivity index (χ2n) is 11.6. The van der Waals surface area contributed by atoms with Gasteiger partial charge < -0.3 is 14.5 Å². The maximum Gasteiger partial charge on any atom is 0.410 e. The van der Waals surface area contributed by atoms with Crippen LogP contribution in [0.2, 0.25) is 0 Å². The number of sulfone groups is 1. The number of piperazine rings is 1. The zero-order chi connectivity index (χ0) is 27.2. The van der Waals surface area contributed by atoms with Crippen LogP contribution in [0.3, 0.4) is 0 Å². The van der Waals surface area contributed by atoms with Crippen molar-refractivity contribution in [1.82, 2.24) is 9.80 Å². The number of hydrogen-bond acceptors (Lipinski definition) is 6. The van der Waals surface area contributed by atoms with E-state index in [1.807, 2.05) is 38.7 Å². The number of benzene rings is 2. The molecule has 0 unspecified atom stereocenters. The van der Waals surface area contributed by atoms with Crippen molar-refractivity contribution in [3.63, 3.8) is 0 Å². The molecular weight excluding hydrogens is 490 g/mol. The van der Waals surface area contributed by atoms with E-state index in [9.17, 15) is 18.0 Å². The van der Waals surface area contributed by atoms with E-state index in [2.05, 4.69) is 13.8 Å². The van der Waals surface area contributed by atoms with Gasteiger partial charge in [0, 0.05) is 43.3 Å². The lowest BCUT2D eigenvalue weighted by atomic mass is 9.87. The second-order valence-corrected chi connectivity index (χ2v) is 13.6. The van der Waals surface area contributed by atoms with Crippen LogP contribution in [0.15, 0.2) is 58.3 Å². The highest BCUT2D eigenvalue weighted by Crippen LogP contribution is 2.42. The molecule has 2 aromatic rings. The summed E-state index contributed by atoms with van der Waals surface area (Å²) in [4.78, 5) is 31.9. The van der Waals surface area contributed by atoms with Crippen molar-refractivity contribution in [3.05, 3.63) is 54.1 Å². The monoisotopic (exact) mass is 527 g/mol. The Bertz CT molecular complexity index is 1280. The van der Waals surface area contributed by atoms with E-state index >= 15 is 0 Å². The average Bonchev–Trinajstić information content (AvgIpc) is 3.09. The lowest BCUT2D eigenvalue weighted by molar-refractivity contribution is -0.120. The molecule has 2 aliphatic rings. The quantitative estimate of drug-likeness (QED) is 0.595. The van der Waals surface area contributed by atoms with Gasteiger partial charge >= 0.3 is 6.09 Å². The maximum atomic E-state index is 13.5. The zero-order valence-electron chi connectivity index (χ0n) is 22.5. The minimum atomic E-state index is -3.71. The van der Waals surface area contributed by atoms with Crippen molar-refractivity contribution in [1.29, 1.82) is 0 Å². The molecule has 0 bridgehead atoms. The lowest BCUT2D eigenvalue weighted by Crippen LogP contribution is -2.56. The Morgan fingerprint density at radius 2 is 1.70 bits per heavy atom. The van der Waals surface area contributed by atoms with Crippen LogP contribution in [0.5, 0.6) is 0 Å². The van der Waals surface area contributed by atoms with Gasteiger partial charge in [0.05, 0.1) is 16.3 Å². The first-order chi connectivity index (χ1) is 17.2. The van der Waals surface area contributed by atoms with Crippen molar-refractivity contribution < 1.29 is 22.7 Å². The second kappa shape index (κ2) is 9.76. The fraction of sp³-hybridized carbons (Fsp3) is 0.500. The molecule has 1 atom stereocenters. The number of amides is 2. The molecule has 37 heavy (non-hydrogen) atoms. The summed E-state index contributed by atoms with van der Waals surface area (Å²) >= 11 is 0. The van der Waals surface area contributed by atoms with E-state index in [0.717, 1.165) is 5.56 Å². The lowest BCUT2D eigenvalue weighted by Gasteiger charge is -2.40. The molecular formula is C28H37N3O5S. The standard InChI is InChI=1S/C28H37N3O5S/c1-20-17-29(14-15-30(20)26(33)36-27(2,3)4)18-25(32)31-19-28(5,6)23-13-12-22(16-24(23)31)37(34,35)21-10-8-7-9-11-21/h7-13,16,20H,14-15,17-19H2,1-6H3/t20-/m1/s1. The summed E-state index contributed by atoms with van der Waals surface area (Å²) in [7, 11) is -3.71. The van der Waals surface area contributed by atoms with Gasteiger partial charge in [0.2, 0.25) is 15.7 Å². The number of ether oxygens (including phenoxy) is 1. The third kappa shape index (κ3) is 5.67. The van der Waals surface area contributed by atoms with Crippen LogP contribution < -0.4 is 4.90 Å². The van der Waals surface area contributed by atoms with E-state index < -0.39 is 15.4 Å². The van der Waals surface area contributed by atoms with Crippen LogP contribution in [-0.4, -0.2) is 74.6 Å². The molecule has 0 spiro atoms. The predicted octanol–water partition coefficient (Wildman–Crippen LogP) is 4.08. The molecule has 0 aliphatic carbocycles. The number of anilines is 1. The van der Waals surface area contributed by atoms with Crippen LogP contribution in [0.1, 0.15) is 47.1 Å². The summed E-state index contributed by atoms with van der Waals surface area (Å²) in [5, 5.41) is 0. The Morgan fingerprint density at radius 1 is 1.03 bits per heavy atom. The third-order valence-electron chi connectivity index (χ3n) is 6.91. The minimum absolute atomic E-state index is 0.0843. The van der Waals surface area contributed by atoms with Gasteiger partial charge in [-0.25, -0.2) is 13.2 Å². The molecule has 0 saturated carbocycles. The number of hydrogen-bond donors (Lipinski definition) is 0. The Hall–Kier alpha value is -2.91. The Morgan fingerprint density at radius 3 is 2.32 bits per heavy atom. The summed E-state index contributed by atoms with van der Waals surface area (Å²) in [5.41, 5.74) is 0.735. The van der Waals surface area contributed by atoms with Crippen LogP contribution in [-0.2, 0) is 24.8 Å².